The van der Waals surface area contributed by atoms with E-state index in [2.05, 4.69) is 15.6 Å². The highest BCUT2D eigenvalue weighted by atomic mass is 35.5. The minimum absolute atomic E-state index is 0.0408. The van der Waals surface area contributed by atoms with Crippen molar-refractivity contribution in [2.75, 3.05) is 26.2 Å². The maximum Gasteiger partial charge on any atom is 0.255 e. The number of rotatable bonds is 3. The lowest BCUT2D eigenvalue weighted by atomic mass is 10.1. The number of carbonyl (C=O) groups is 3. The number of aromatic nitrogens is 1. The molecule has 1 atom stereocenters. The number of nitrogens with one attached hydrogen (secondary N) is 2. The Morgan fingerprint density at radius 1 is 1.26 bits per heavy atom. The van der Waals surface area contributed by atoms with Crippen LogP contribution in [0.2, 0.25) is 5.02 Å². The summed E-state index contributed by atoms with van der Waals surface area (Å²) in [7, 11) is 0. The molecule has 2 heterocycles. The molecule has 0 spiro atoms. The fourth-order valence-electron chi connectivity index (χ4n) is 3.62. The second-order valence-corrected chi connectivity index (χ2v) is 9.12. The van der Waals surface area contributed by atoms with Crippen molar-refractivity contribution in [1.82, 2.24) is 20.5 Å². The van der Waals surface area contributed by atoms with Crippen LogP contribution in [0, 0.1) is 5.92 Å². The fourth-order valence-corrected chi connectivity index (χ4v) is 3.79. The summed E-state index contributed by atoms with van der Waals surface area (Å²) < 4.78 is 5.94. The zero-order valence-corrected chi connectivity index (χ0v) is 20.3. The molecule has 2 aromatic rings. The van der Waals surface area contributed by atoms with Crippen LogP contribution in [0.3, 0.4) is 0 Å². The maximum absolute atomic E-state index is 13.0. The SMILES string of the molecule is CC(C)[C@H]1COc2ccc(Cl)cc2C(=O)NCCCCN(C(=O)Cc2cccnc2)CC(=O)N1. The molecule has 2 N–H and O–H groups in total. The number of hydrogen-bond acceptors (Lipinski definition) is 5. The first-order chi connectivity index (χ1) is 16.3. The molecule has 0 saturated heterocycles. The summed E-state index contributed by atoms with van der Waals surface area (Å²) in [6.45, 7) is 4.92. The number of halogens is 1. The molecule has 9 heteroatoms. The molecule has 1 aromatic carbocycles. The summed E-state index contributed by atoms with van der Waals surface area (Å²) in [6, 6.07) is 8.21. The summed E-state index contributed by atoms with van der Waals surface area (Å²) in [6.07, 6.45) is 4.76. The van der Waals surface area contributed by atoms with E-state index in [0.29, 0.717) is 42.3 Å². The highest BCUT2D eigenvalue weighted by molar-refractivity contribution is 6.31. The average molecular weight is 487 g/mol. The lowest BCUT2D eigenvalue weighted by Gasteiger charge is -2.26. The van der Waals surface area contributed by atoms with Crippen LogP contribution in [-0.2, 0) is 16.0 Å². The first kappa shape index (κ1) is 25.5. The van der Waals surface area contributed by atoms with Crippen LogP contribution in [0.15, 0.2) is 42.7 Å². The Morgan fingerprint density at radius 3 is 2.82 bits per heavy atom. The lowest BCUT2D eigenvalue weighted by molar-refractivity contribution is -0.136. The Morgan fingerprint density at radius 2 is 2.09 bits per heavy atom. The van der Waals surface area contributed by atoms with Gasteiger partial charge in [-0.1, -0.05) is 31.5 Å². The summed E-state index contributed by atoms with van der Waals surface area (Å²) in [5, 5.41) is 6.32. The molecule has 3 rings (SSSR count). The minimum atomic E-state index is -0.306. The van der Waals surface area contributed by atoms with Crippen molar-refractivity contribution >= 4 is 29.3 Å². The molecular formula is C25H31ClN4O4. The predicted octanol–water partition coefficient (Wildman–Crippen LogP) is 2.85. The number of fused-ring (bicyclic) bond motifs is 1. The van der Waals surface area contributed by atoms with Gasteiger partial charge in [-0.2, -0.15) is 0 Å². The van der Waals surface area contributed by atoms with Gasteiger partial charge in [-0.3, -0.25) is 19.4 Å². The molecule has 8 nitrogen and oxygen atoms in total. The highest BCUT2D eigenvalue weighted by Gasteiger charge is 2.23. The maximum atomic E-state index is 13.0. The van der Waals surface area contributed by atoms with Gasteiger partial charge in [0.05, 0.1) is 24.6 Å². The van der Waals surface area contributed by atoms with Gasteiger partial charge in [-0.05, 0) is 48.6 Å². The van der Waals surface area contributed by atoms with Crippen molar-refractivity contribution in [3.8, 4) is 5.75 Å². The number of pyridine rings is 1. The molecular weight excluding hydrogens is 456 g/mol. The van der Waals surface area contributed by atoms with Crippen LogP contribution in [0.5, 0.6) is 5.75 Å². The molecule has 1 aliphatic heterocycles. The fraction of sp³-hybridized carbons (Fsp3) is 0.440. The number of ether oxygens (including phenoxy) is 1. The van der Waals surface area contributed by atoms with Gasteiger partial charge in [0.25, 0.3) is 5.91 Å². The molecule has 0 aliphatic carbocycles. The molecule has 182 valence electrons. The van der Waals surface area contributed by atoms with E-state index in [1.807, 2.05) is 19.9 Å². The van der Waals surface area contributed by atoms with Gasteiger partial charge in [0.2, 0.25) is 11.8 Å². The van der Waals surface area contributed by atoms with Gasteiger partial charge in [0, 0.05) is 30.5 Å². The van der Waals surface area contributed by atoms with Crippen LogP contribution in [0.1, 0.15) is 42.6 Å². The van der Waals surface area contributed by atoms with Crippen molar-refractivity contribution in [2.45, 2.75) is 39.2 Å². The van der Waals surface area contributed by atoms with Gasteiger partial charge < -0.3 is 20.3 Å². The number of amides is 3. The predicted molar refractivity (Wildman–Crippen MR) is 130 cm³/mol. The van der Waals surface area contributed by atoms with Gasteiger partial charge in [-0.15, -0.1) is 0 Å². The minimum Gasteiger partial charge on any atom is -0.491 e. The second-order valence-electron chi connectivity index (χ2n) is 8.69. The summed E-state index contributed by atoms with van der Waals surface area (Å²) in [5.41, 5.74) is 1.14. The molecule has 0 saturated carbocycles. The van der Waals surface area contributed by atoms with Gasteiger partial charge in [-0.25, -0.2) is 0 Å². The van der Waals surface area contributed by atoms with E-state index < -0.39 is 0 Å². The molecule has 0 radical (unpaired) electrons. The number of nitrogens with zero attached hydrogens (tertiary/aromatic N) is 2. The average Bonchev–Trinajstić information content (AvgIpc) is 2.81. The molecule has 0 fully saturated rings. The number of benzene rings is 1. The van der Waals surface area contributed by atoms with Crippen molar-refractivity contribution in [2.24, 2.45) is 5.92 Å². The third-order valence-corrected chi connectivity index (χ3v) is 5.90. The topological polar surface area (TPSA) is 101 Å². The molecule has 0 unspecified atom stereocenters. The largest absolute Gasteiger partial charge is 0.491 e. The standard InChI is InChI=1S/C25H31ClN4O4/c1-17(2)21-16-34-22-8-7-19(26)13-20(22)25(33)28-10-3-4-11-30(15-23(31)29-21)24(32)12-18-6-5-9-27-14-18/h5-9,13-14,17,21H,3-4,10-12,15-16H2,1-2H3,(H,28,33)(H,29,31)/t21-/m1/s1. The van der Waals surface area contributed by atoms with Crippen LogP contribution < -0.4 is 15.4 Å². The Balaban J connectivity index is 1.77. The Bertz CT molecular complexity index is 1000. The lowest BCUT2D eigenvalue weighted by Crippen LogP contribution is -2.48. The normalized spacial score (nSPS) is 18.1. The smallest absolute Gasteiger partial charge is 0.255 e. The third-order valence-electron chi connectivity index (χ3n) is 5.66. The van der Waals surface area contributed by atoms with Crippen molar-refractivity contribution in [3.05, 3.63) is 58.9 Å². The third kappa shape index (κ3) is 7.45. The summed E-state index contributed by atoms with van der Waals surface area (Å²) >= 11 is 6.10. The van der Waals surface area contributed by atoms with E-state index in [0.717, 1.165) is 5.56 Å². The van der Waals surface area contributed by atoms with E-state index in [9.17, 15) is 14.4 Å². The summed E-state index contributed by atoms with van der Waals surface area (Å²) in [4.78, 5) is 44.2. The Labute approximate surface area is 205 Å². The first-order valence-corrected chi connectivity index (χ1v) is 11.9. The van der Waals surface area contributed by atoms with Crippen molar-refractivity contribution < 1.29 is 19.1 Å². The highest BCUT2D eigenvalue weighted by Crippen LogP contribution is 2.23. The Kier molecular flexibility index (Phi) is 9.27. The van der Waals surface area contributed by atoms with Crippen molar-refractivity contribution in [3.63, 3.8) is 0 Å². The van der Waals surface area contributed by atoms with Gasteiger partial charge in [0.15, 0.2) is 0 Å². The van der Waals surface area contributed by atoms with E-state index >= 15 is 0 Å². The van der Waals surface area contributed by atoms with E-state index in [1.54, 1.807) is 41.6 Å². The summed E-state index contributed by atoms with van der Waals surface area (Å²) in [5.74, 6) is -0.186. The molecule has 0 bridgehead atoms. The number of carbonyl (C=O) groups excluding carboxylic acids is 3. The molecule has 1 aliphatic rings. The Hall–Kier alpha value is -3.13. The zero-order chi connectivity index (χ0) is 24.5. The number of hydrogen-bond donors (Lipinski definition) is 2. The van der Waals surface area contributed by atoms with Crippen molar-refractivity contribution in [1.29, 1.82) is 0 Å². The van der Waals surface area contributed by atoms with Crippen LogP contribution in [0.4, 0.5) is 0 Å². The van der Waals surface area contributed by atoms with Gasteiger partial charge in [0.1, 0.15) is 12.4 Å². The molecule has 3 amide bonds. The first-order valence-electron chi connectivity index (χ1n) is 11.5. The zero-order valence-electron chi connectivity index (χ0n) is 19.6. The van der Waals surface area contributed by atoms with Gasteiger partial charge >= 0.3 is 0 Å². The molecule has 34 heavy (non-hydrogen) atoms. The van der Waals surface area contributed by atoms with Crippen LogP contribution >= 0.6 is 11.6 Å². The monoisotopic (exact) mass is 486 g/mol. The van der Waals surface area contributed by atoms with E-state index in [4.69, 9.17) is 16.3 Å². The molecule has 1 aromatic heterocycles. The van der Waals surface area contributed by atoms with Crippen LogP contribution in [-0.4, -0.2) is 59.9 Å². The van der Waals surface area contributed by atoms with Crippen LogP contribution in [0.25, 0.3) is 0 Å². The van der Waals surface area contributed by atoms with E-state index in [1.165, 1.54) is 0 Å². The second kappa shape index (κ2) is 12.4. The van der Waals surface area contributed by atoms with E-state index in [-0.39, 0.29) is 49.3 Å². The quantitative estimate of drug-likeness (QED) is 0.694.